The average Bonchev–Trinajstić information content (AvgIpc) is 3.36. The fourth-order valence-corrected chi connectivity index (χ4v) is 3.40. The van der Waals surface area contributed by atoms with Gasteiger partial charge >= 0.3 is 0 Å². The number of anilines is 2. The highest BCUT2D eigenvalue weighted by atomic mass is 16.1. The van der Waals surface area contributed by atoms with Gasteiger partial charge in [0.15, 0.2) is 5.65 Å². The molecule has 146 valence electrons. The first-order valence-corrected chi connectivity index (χ1v) is 9.78. The third-order valence-electron chi connectivity index (χ3n) is 5.10. The first-order chi connectivity index (χ1) is 14.2. The second kappa shape index (κ2) is 7.09. The topological polar surface area (TPSA) is 83.4 Å². The molecule has 1 amide bonds. The van der Waals surface area contributed by atoms with Gasteiger partial charge < -0.3 is 16.0 Å². The summed E-state index contributed by atoms with van der Waals surface area (Å²) in [6, 6.07) is 12.7. The van der Waals surface area contributed by atoms with Gasteiger partial charge in [-0.15, -0.1) is 0 Å². The van der Waals surface area contributed by atoms with E-state index in [1.165, 1.54) is 18.4 Å². The second-order valence-corrected chi connectivity index (χ2v) is 7.49. The molecule has 7 nitrogen and oxygen atoms in total. The van der Waals surface area contributed by atoms with Crippen LogP contribution in [0, 0.1) is 0 Å². The Labute approximate surface area is 168 Å². The summed E-state index contributed by atoms with van der Waals surface area (Å²) >= 11 is 0. The number of carbonyl (C=O) groups excluding carboxylic acids is 1. The molecule has 2 aromatic heterocycles. The Balaban J connectivity index is 1.51. The number of rotatable bonds is 6. The Morgan fingerprint density at radius 1 is 1.28 bits per heavy atom. The summed E-state index contributed by atoms with van der Waals surface area (Å²) < 4.78 is 1.82. The van der Waals surface area contributed by atoms with Crippen LogP contribution in [0.2, 0.25) is 0 Å². The van der Waals surface area contributed by atoms with E-state index in [2.05, 4.69) is 39.8 Å². The van der Waals surface area contributed by atoms with Crippen molar-refractivity contribution in [3.63, 3.8) is 0 Å². The zero-order valence-corrected chi connectivity index (χ0v) is 16.0. The maximum atomic E-state index is 11.6. The maximum Gasteiger partial charge on any atom is 0.228 e. The van der Waals surface area contributed by atoms with E-state index in [1.807, 2.05) is 34.9 Å². The highest BCUT2D eigenvalue weighted by Gasteiger charge is 2.24. The van der Waals surface area contributed by atoms with E-state index in [-0.39, 0.29) is 5.91 Å². The predicted molar refractivity (Wildman–Crippen MR) is 113 cm³/mol. The summed E-state index contributed by atoms with van der Waals surface area (Å²) in [5.74, 6) is 1.66. The number of nitrogens with one attached hydrogen (secondary N) is 3. The summed E-state index contributed by atoms with van der Waals surface area (Å²) in [6.45, 7) is 4.61. The molecular formula is C22H22N6O. The van der Waals surface area contributed by atoms with Crippen LogP contribution in [0.25, 0.3) is 11.7 Å². The van der Waals surface area contributed by atoms with Crippen LogP contribution in [-0.2, 0) is 11.3 Å². The molecule has 1 aromatic carbocycles. The van der Waals surface area contributed by atoms with Gasteiger partial charge in [-0.2, -0.15) is 9.61 Å². The predicted octanol–water partition coefficient (Wildman–Crippen LogP) is 3.33. The van der Waals surface area contributed by atoms with Crippen molar-refractivity contribution in [1.29, 1.82) is 0 Å². The Hall–Kier alpha value is -3.61. The number of amides is 1. The van der Waals surface area contributed by atoms with Crippen molar-refractivity contribution in [2.45, 2.75) is 31.8 Å². The highest BCUT2D eigenvalue weighted by molar-refractivity contribution is 5.89. The summed E-state index contributed by atoms with van der Waals surface area (Å²) in [4.78, 5) is 16.4. The number of hydrogen-bond donors (Lipinski definition) is 3. The molecule has 1 aliphatic heterocycles. The Morgan fingerprint density at radius 2 is 2.10 bits per heavy atom. The summed E-state index contributed by atoms with van der Waals surface area (Å²) in [6.07, 6.45) is 6.39. The normalized spacial score (nSPS) is 17.7. The number of hydrogen-bond acceptors (Lipinski definition) is 5. The first kappa shape index (κ1) is 17.5. The molecule has 2 aliphatic rings. The van der Waals surface area contributed by atoms with Crippen LogP contribution in [0.5, 0.6) is 0 Å². The SMILES string of the molecule is C=C1NC(=O)C/C1=C\c1cnn2c(NC3CC3)cc(NCc3ccccc3)nc12. The van der Waals surface area contributed by atoms with Crippen LogP contribution in [0.15, 0.2) is 60.4 Å². The molecule has 0 unspecified atom stereocenters. The van der Waals surface area contributed by atoms with Crippen molar-refractivity contribution in [3.8, 4) is 0 Å². The molecule has 1 aliphatic carbocycles. The Bertz CT molecular complexity index is 1130. The molecular weight excluding hydrogens is 364 g/mol. The molecule has 7 heteroatoms. The zero-order valence-electron chi connectivity index (χ0n) is 16.0. The van der Waals surface area contributed by atoms with E-state index in [0.29, 0.717) is 24.7 Å². The number of allylic oxidation sites excluding steroid dienone is 1. The molecule has 1 saturated heterocycles. The standard InChI is InChI=1S/C22H22N6O/c1-14-16(10-21(29)25-14)9-17-13-24-28-20(26-18-7-8-18)11-19(27-22(17)28)23-12-15-5-3-2-4-6-15/h2-6,9,11,13,18,26H,1,7-8,10,12H2,(H,23,27)(H,25,29)/b16-9+. The minimum absolute atomic E-state index is 0.0352. The van der Waals surface area contributed by atoms with Crippen LogP contribution in [0.4, 0.5) is 11.6 Å². The number of nitrogens with zero attached hydrogens (tertiary/aromatic N) is 3. The number of fused-ring (bicyclic) bond motifs is 1. The molecule has 0 radical (unpaired) electrons. The minimum atomic E-state index is -0.0352. The van der Waals surface area contributed by atoms with E-state index in [4.69, 9.17) is 4.98 Å². The lowest BCUT2D eigenvalue weighted by molar-refractivity contribution is -0.118. The average molecular weight is 386 g/mol. The van der Waals surface area contributed by atoms with Crippen molar-refractivity contribution < 1.29 is 4.79 Å². The molecule has 0 bridgehead atoms. The second-order valence-electron chi connectivity index (χ2n) is 7.49. The van der Waals surface area contributed by atoms with E-state index in [1.54, 1.807) is 6.20 Å². The molecule has 3 heterocycles. The van der Waals surface area contributed by atoms with E-state index in [0.717, 1.165) is 28.4 Å². The van der Waals surface area contributed by atoms with Gasteiger partial charge in [0.2, 0.25) is 5.91 Å². The van der Waals surface area contributed by atoms with Gasteiger partial charge in [-0.25, -0.2) is 4.98 Å². The molecule has 0 atom stereocenters. The van der Waals surface area contributed by atoms with Gasteiger partial charge in [-0.3, -0.25) is 4.79 Å². The quantitative estimate of drug-likeness (QED) is 0.605. The van der Waals surface area contributed by atoms with Gasteiger partial charge in [-0.05, 0) is 30.1 Å². The van der Waals surface area contributed by atoms with Crippen molar-refractivity contribution in [3.05, 3.63) is 71.6 Å². The van der Waals surface area contributed by atoms with Crippen LogP contribution >= 0.6 is 0 Å². The number of aromatic nitrogens is 3. The number of benzene rings is 1. The molecule has 29 heavy (non-hydrogen) atoms. The summed E-state index contributed by atoms with van der Waals surface area (Å²) in [5.41, 5.74) is 4.30. The highest BCUT2D eigenvalue weighted by Crippen LogP contribution is 2.28. The minimum Gasteiger partial charge on any atom is -0.367 e. The molecule has 5 rings (SSSR count). The van der Waals surface area contributed by atoms with Gasteiger partial charge in [-0.1, -0.05) is 36.9 Å². The lowest BCUT2D eigenvalue weighted by Crippen LogP contribution is -2.10. The summed E-state index contributed by atoms with van der Waals surface area (Å²) in [5, 5.41) is 14.2. The first-order valence-electron chi connectivity index (χ1n) is 9.78. The number of carbonyl (C=O) groups is 1. The van der Waals surface area contributed by atoms with Crippen molar-refractivity contribution in [2.75, 3.05) is 10.6 Å². The maximum absolute atomic E-state index is 11.6. The van der Waals surface area contributed by atoms with Crippen molar-refractivity contribution >= 4 is 29.3 Å². The largest absolute Gasteiger partial charge is 0.367 e. The third kappa shape index (κ3) is 3.71. The van der Waals surface area contributed by atoms with Gasteiger partial charge in [0.25, 0.3) is 0 Å². The van der Waals surface area contributed by atoms with Crippen molar-refractivity contribution in [2.24, 2.45) is 0 Å². The zero-order chi connectivity index (χ0) is 19.8. The Morgan fingerprint density at radius 3 is 2.83 bits per heavy atom. The Kier molecular flexibility index (Phi) is 4.27. The third-order valence-corrected chi connectivity index (χ3v) is 5.10. The summed E-state index contributed by atoms with van der Waals surface area (Å²) in [7, 11) is 0. The lowest BCUT2D eigenvalue weighted by atomic mass is 10.1. The fraction of sp³-hybridized carbons (Fsp3) is 0.227. The molecule has 1 saturated carbocycles. The van der Waals surface area contributed by atoms with Crippen LogP contribution < -0.4 is 16.0 Å². The van der Waals surface area contributed by atoms with E-state index < -0.39 is 0 Å². The van der Waals surface area contributed by atoms with Crippen LogP contribution in [0.3, 0.4) is 0 Å². The molecule has 3 N–H and O–H groups in total. The molecule has 2 fully saturated rings. The molecule has 0 spiro atoms. The van der Waals surface area contributed by atoms with Crippen molar-refractivity contribution in [1.82, 2.24) is 19.9 Å². The smallest absolute Gasteiger partial charge is 0.228 e. The van der Waals surface area contributed by atoms with Gasteiger partial charge in [0.1, 0.15) is 11.6 Å². The lowest BCUT2D eigenvalue weighted by Gasteiger charge is -2.11. The molecule has 3 aromatic rings. The van der Waals surface area contributed by atoms with E-state index >= 15 is 0 Å². The fourth-order valence-electron chi connectivity index (χ4n) is 3.40. The van der Waals surface area contributed by atoms with Crippen LogP contribution in [-0.4, -0.2) is 26.5 Å². The monoisotopic (exact) mass is 386 g/mol. The van der Waals surface area contributed by atoms with Gasteiger partial charge in [0.05, 0.1) is 12.6 Å². The van der Waals surface area contributed by atoms with Crippen LogP contribution in [0.1, 0.15) is 30.4 Å². The van der Waals surface area contributed by atoms with Gasteiger partial charge in [0, 0.05) is 29.9 Å². The van der Waals surface area contributed by atoms with E-state index in [9.17, 15) is 4.79 Å².